The summed E-state index contributed by atoms with van der Waals surface area (Å²) in [4.78, 5) is 37.2. The minimum atomic E-state index is -0.125. The summed E-state index contributed by atoms with van der Waals surface area (Å²) in [5.74, 6) is 0.779. The van der Waals surface area contributed by atoms with E-state index < -0.39 is 0 Å². The number of hydrogen-bond acceptors (Lipinski definition) is 7. The number of piperidine rings is 1. The maximum absolute atomic E-state index is 13.1. The predicted molar refractivity (Wildman–Crippen MR) is 133 cm³/mol. The van der Waals surface area contributed by atoms with Gasteiger partial charge in [-0.2, -0.15) is 4.98 Å². The first-order valence-electron chi connectivity index (χ1n) is 11.0. The van der Waals surface area contributed by atoms with Crippen LogP contribution in [0.15, 0.2) is 28.2 Å². The topological polar surface area (TPSA) is 80.1 Å². The number of thiazole rings is 1. The van der Waals surface area contributed by atoms with Crippen LogP contribution in [-0.4, -0.2) is 39.3 Å². The van der Waals surface area contributed by atoms with Gasteiger partial charge in [0.25, 0.3) is 5.56 Å². The Hall–Kier alpha value is -2.39. The molecule has 0 saturated carbocycles. The van der Waals surface area contributed by atoms with E-state index in [1.54, 1.807) is 4.57 Å². The molecule has 0 atom stereocenters. The fourth-order valence-electron chi connectivity index (χ4n) is 3.87. The van der Waals surface area contributed by atoms with E-state index in [2.05, 4.69) is 27.1 Å². The van der Waals surface area contributed by atoms with Crippen molar-refractivity contribution in [2.24, 2.45) is 5.92 Å². The number of nitrogens with one attached hydrogen (secondary N) is 1. The molecular formula is C23H29N5O2S2. The molecule has 9 heteroatoms. The number of aryl methyl sites for hydroxylation is 2. The third-order valence-electron chi connectivity index (χ3n) is 5.83. The smallest absolute Gasteiger partial charge is 0.273 e. The van der Waals surface area contributed by atoms with Crippen molar-refractivity contribution in [1.82, 2.24) is 14.5 Å². The Bertz CT molecular complexity index is 1200. The number of amides is 1. The van der Waals surface area contributed by atoms with E-state index in [-0.39, 0.29) is 17.2 Å². The van der Waals surface area contributed by atoms with E-state index in [4.69, 9.17) is 0 Å². The summed E-state index contributed by atoms with van der Waals surface area (Å²) in [6, 6.07) is 5.93. The van der Waals surface area contributed by atoms with E-state index in [0.717, 1.165) is 53.8 Å². The van der Waals surface area contributed by atoms with Crippen molar-refractivity contribution >= 4 is 50.2 Å². The van der Waals surface area contributed by atoms with Crippen molar-refractivity contribution in [1.29, 1.82) is 0 Å². The van der Waals surface area contributed by atoms with E-state index >= 15 is 0 Å². The monoisotopic (exact) mass is 471 g/mol. The van der Waals surface area contributed by atoms with Crippen LogP contribution in [0.1, 0.15) is 37.8 Å². The van der Waals surface area contributed by atoms with Crippen molar-refractivity contribution in [3.05, 3.63) is 39.7 Å². The van der Waals surface area contributed by atoms with Gasteiger partial charge in [-0.05, 0) is 51.2 Å². The molecule has 1 amide bonds. The quantitative estimate of drug-likeness (QED) is 0.422. The van der Waals surface area contributed by atoms with E-state index in [1.165, 1.54) is 23.1 Å². The number of carbonyl (C=O) groups is 1. The molecule has 3 aromatic rings. The highest BCUT2D eigenvalue weighted by molar-refractivity contribution is 7.99. The molecule has 0 bridgehead atoms. The Morgan fingerprint density at radius 2 is 2.00 bits per heavy atom. The van der Waals surface area contributed by atoms with Crippen molar-refractivity contribution < 1.29 is 4.79 Å². The molecule has 32 heavy (non-hydrogen) atoms. The third-order valence-corrected chi connectivity index (χ3v) is 7.90. The lowest BCUT2D eigenvalue weighted by Crippen LogP contribution is -2.32. The van der Waals surface area contributed by atoms with Gasteiger partial charge in [-0.3, -0.25) is 14.2 Å². The third kappa shape index (κ3) is 4.83. The average Bonchev–Trinajstić information content (AvgIpc) is 3.19. The van der Waals surface area contributed by atoms with E-state index in [9.17, 15) is 9.59 Å². The maximum atomic E-state index is 13.1. The van der Waals surface area contributed by atoms with Crippen LogP contribution in [0.5, 0.6) is 0 Å². The molecule has 3 heterocycles. The largest absolute Gasteiger partial charge is 0.348 e. The molecule has 1 aliphatic heterocycles. The number of nitrogens with zero attached hydrogens (tertiary/aromatic N) is 4. The minimum absolute atomic E-state index is 0.0797. The van der Waals surface area contributed by atoms with Gasteiger partial charge in [0.15, 0.2) is 15.9 Å². The molecule has 7 nitrogen and oxygen atoms in total. The van der Waals surface area contributed by atoms with Gasteiger partial charge in [0.05, 0.1) is 5.75 Å². The molecule has 2 aromatic heterocycles. The Balaban J connectivity index is 1.52. The zero-order valence-corrected chi connectivity index (χ0v) is 20.6. The second kappa shape index (κ2) is 9.62. The lowest BCUT2D eigenvalue weighted by atomic mass is 10.00. The molecule has 1 aliphatic rings. The second-order valence-corrected chi connectivity index (χ2v) is 10.3. The standard InChI is InChI=1S/C23H29N5O2S2/c1-5-28-21(30)19-20(25-22(32-19)27-10-8-14(2)9-11-27)26-23(28)31-13-18(29)24-17-7-6-15(3)12-16(17)4/h6-7,12,14H,5,8-11,13H2,1-4H3,(H,24,29). The van der Waals surface area contributed by atoms with Crippen molar-refractivity contribution in [2.45, 2.75) is 52.2 Å². The predicted octanol–water partition coefficient (Wildman–Crippen LogP) is 4.46. The number of benzene rings is 1. The Morgan fingerprint density at radius 1 is 1.25 bits per heavy atom. The fraction of sp³-hybridized carbons (Fsp3) is 0.478. The van der Waals surface area contributed by atoms with Gasteiger partial charge in [-0.25, -0.2) is 4.98 Å². The molecule has 1 fully saturated rings. The number of fused-ring (bicyclic) bond motifs is 1. The highest BCUT2D eigenvalue weighted by atomic mass is 32.2. The summed E-state index contributed by atoms with van der Waals surface area (Å²) in [6.07, 6.45) is 2.28. The SMILES string of the molecule is CCn1c(SCC(=O)Nc2ccc(C)cc2C)nc2nc(N3CCC(C)CC3)sc2c1=O. The summed E-state index contributed by atoms with van der Waals surface area (Å²) in [5, 5.41) is 4.35. The molecule has 0 spiro atoms. The van der Waals surface area contributed by atoms with Crippen LogP contribution in [0.25, 0.3) is 10.3 Å². The first-order chi connectivity index (χ1) is 15.4. The number of rotatable bonds is 6. The minimum Gasteiger partial charge on any atom is -0.348 e. The summed E-state index contributed by atoms with van der Waals surface area (Å²) in [6.45, 7) is 10.6. The highest BCUT2D eigenvalue weighted by Gasteiger charge is 2.22. The van der Waals surface area contributed by atoms with Gasteiger partial charge >= 0.3 is 0 Å². The lowest BCUT2D eigenvalue weighted by Gasteiger charge is -2.29. The first kappa shape index (κ1) is 22.8. The molecule has 4 rings (SSSR count). The molecule has 0 radical (unpaired) electrons. The Morgan fingerprint density at radius 3 is 2.69 bits per heavy atom. The van der Waals surface area contributed by atoms with Crippen molar-refractivity contribution in [3.8, 4) is 0 Å². The average molecular weight is 472 g/mol. The summed E-state index contributed by atoms with van der Waals surface area (Å²) >= 11 is 2.70. The molecule has 1 saturated heterocycles. The fourth-order valence-corrected chi connectivity index (χ4v) is 5.73. The van der Waals surface area contributed by atoms with Crippen molar-refractivity contribution in [2.75, 3.05) is 29.1 Å². The number of aromatic nitrogens is 3. The molecule has 0 unspecified atom stereocenters. The zero-order valence-electron chi connectivity index (χ0n) is 19.0. The van der Waals surface area contributed by atoms with Crippen LogP contribution >= 0.6 is 23.1 Å². The summed E-state index contributed by atoms with van der Waals surface area (Å²) in [5.41, 5.74) is 3.38. The first-order valence-corrected chi connectivity index (χ1v) is 12.8. The van der Waals surface area contributed by atoms with Crippen LogP contribution in [0.2, 0.25) is 0 Å². The molecule has 1 N–H and O–H groups in total. The van der Waals surface area contributed by atoms with Crippen LogP contribution in [-0.2, 0) is 11.3 Å². The number of carbonyl (C=O) groups excluding carboxylic acids is 1. The Labute approximate surface area is 196 Å². The van der Waals surface area contributed by atoms with Gasteiger partial charge in [0.1, 0.15) is 4.70 Å². The van der Waals surface area contributed by atoms with Gasteiger partial charge < -0.3 is 10.2 Å². The van der Waals surface area contributed by atoms with Crippen LogP contribution in [0.4, 0.5) is 10.8 Å². The lowest BCUT2D eigenvalue weighted by molar-refractivity contribution is -0.113. The molecule has 0 aliphatic carbocycles. The summed E-state index contributed by atoms with van der Waals surface area (Å²) < 4.78 is 2.22. The normalized spacial score (nSPS) is 14.8. The zero-order chi connectivity index (χ0) is 22.8. The molecule has 170 valence electrons. The van der Waals surface area contributed by atoms with E-state index in [1.807, 2.05) is 39.0 Å². The number of thioether (sulfide) groups is 1. The summed E-state index contributed by atoms with van der Waals surface area (Å²) in [7, 11) is 0. The van der Waals surface area contributed by atoms with Crippen LogP contribution < -0.4 is 15.8 Å². The second-order valence-electron chi connectivity index (χ2n) is 8.42. The Kier molecular flexibility index (Phi) is 6.85. The van der Waals surface area contributed by atoms with Crippen LogP contribution in [0, 0.1) is 19.8 Å². The van der Waals surface area contributed by atoms with Gasteiger partial charge in [-0.1, -0.05) is 47.7 Å². The molecular weight excluding hydrogens is 442 g/mol. The number of hydrogen-bond donors (Lipinski definition) is 1. The number of anilines is 2. The van der Waals surface area contributed by atoms with Gasteiger partial charge in [-0.15, -0.1) is 0 Å². The maximum Gasteiger partial charge on any atom is 0.273 e. The molecule has 1 aromatic carbocycles. The van der Waals surface area contributed by atoms with Gasteiger partial charge in [0, 0.05) is 25.3 Å². The van der Waals surface area contributed by atoms with Crippen molar-refractivity contribution in [3.63, 3.8) is 0 Å². The van der Waals surface area contributed by atoms with Gasteiger partial charge in [0.2, 0.25) is 5.91 Å². The van der Waals surface area contributed by atoms with E-state index in [0.29, 0.717) is 22.0 Å². The highest BCUT2D eigenvalue weighted by Crippen LogP contribution is 2.30. The van der Waals surface area contributed by atoms with Crippen LogP contribution in [0.3, 0.4) is 0 Å².